The zero-order valence-corrected chi connectivity index (χ0v) is 13.8. The maximum absolute atomic E-state index is 12.8. The number of carbonyl (C=O) groups is 2. The highest BCUT2D eigenvalue weighted by molar-refractivity contribution is 6.04. The molecule has 1 aromatic carbocycles. The van der Waals surface area contributed by atoms with Crippen molar-refractivity contribution in [3.05, 3.63) is 29.8 Å². The summed E-state index contributed by atoms with van der Waals surface area (Å²) in [4.78, 5) is 26.9. The van der Waals surface area contributed by atoms with Crippen LogP contribution in [0, 0.1) is 5.41 Å². The fourth-order valence-corrected chi connectivity index (χ4v) is 2.53. The van der Waals surface area contributed by atoms with E-state index in [0.717, 1.165) is 25.9 Å². The summed E-state index contributed by atoms with van der Waals surface area (Å²) in [7, 11) is 0. The summed E-state index contributed by atoms with van der Waals surface area (Å²) in [6.07, 6.45) is 4.49. The number of hydrogen-bond acceptors (Lipinski definition) is 2. The highest BCUT2D eigenvalue weighted by Crippen LogP contribution is 2.22. The Hall–Kier alpha value is -1.84. The second kappa shape index (κ2) is 6.95. The average molecular weight is 302 g/mol. The van der Waals surface area contributed by atoms with Crippen LogP contribution in [0.25, 0.3) is 0 Å². The molecule has 4 heteroatoms. The molecule has 1 N–H and O–H groups in total. The van der Waals surface area contributed by atoms with E-state index in [0.29, 0.717) is 11.3 Å². The summed E-state index contributed by atoms with van der Waals surface area (Å²) in [6.45, 7) is 7.20. The molecule has 2 rings (SSSR count). The smallest absolute Gasteiger partial charge is 0.255 e. The molecule has 0 aromatic heterocycles. The summed E-state index contributed by atoms with van der Waals surface area (Å²) in [5.74, 6) is -0.0599. The van der Waals surface area contributed by atoms with Crippen molar-refractivity contribution in [3.63, 3.8) is 0 Å². The minimum absolute atomic E-state index is 0.0201. The van der Waals surface area contributed by atoms with Crippen molar-refractivity contribution in [1.29, 1.82) is 0 Å². The number of hydrogen-bond donors (Lipinski definition) is 1. The van der Waals surface area contributed by atoms with Gasteiger partial charge in [-0.15, -0.1) is 0 Å². The summed E-state index contributed by atoms with van der Waals surface area (Å²) in [6, 6.07) is 7.29. The zero-order valence-electron chi connectivity index (χ0n) is 13.8. The van der Waals surface area contributed by atoms with Gasteiger partial charge in [0.05, 0.1) is 11.3 Å². The van der Waals surface area contributed by atoms with Crippen LogP contribution in [0.1, 0.15) is 56.8 Å². The van der Waals surface area contributed by atoms with Crippen molar-refractivity contribution in [2.75, 3.05) is 18.4 Å². The van der Waals surface area contributed by atoms with E-state index < -0.39 is 5.41 Å². The lowest BCUT2D eigenvalue weighted by atomic mass is 9.95. The van der Waals surface area contributed by atoms with Gasteiger partial charge in [-0.1, -0.05) is 45.7 Å². The maximum Gasteiger partial charge on any atom is 0.255 e. The highest BCUT2D eigenvalue weighted by Gasteiger charge is 2.24. The van der Waals surface area contributed by atoms with E-state index in [1.165, 1.54) is 12.8 Å². The summed E-state index contributed by atoms with van der Waals surface area (Å²) in [5, 5.41) is 2.90. The van der Waals surface area contributed by atoms with Crippen molar-refractivity contribution in [1.82, 2.24) is 4.90 Å². The summed E-state index contributed by atoms with van der Waals surface area (Å²) < 4.78 is 0. The Balaban J connectivity index is 2.20. The van der Waals surface area contributed by atoms with Gasteiger partial charge in [0.15, 0.2) is 0 Å². The third kappa shape index (κ3) is 4.09. The van der Waals surface area contributed by atoms with Crippen molar-refractivity contribution < 1.29 is 9.59 Å². The van der Waals surface area contributed by atoms with E-state index in [4.69, 9.17) is 0 Å². The Kier molecular flexibility index (Phi) is 5.22. The van der Waals surface area contributed by atoms with Gasteiger partial charge in [-0.3, -0.25) is 9.59 Å². The van der Waals surface area contributed by atoms with Crippen LogP contribution in [-0.4, -0.2) is 29.8 Å². The molecule has 0 saturated carbocycles. The van der Waals surface area contributed by atoms with Crippen LogP contribution in [0.2, 0.25) is 0 Å². The molecule has 1 aliphatic rings. The minimum Gasteiger partial charge on any atom is -0.339 e. The largest absolute Gasteiger partial charge is 0.339 e. The topological polar surface area (TPSA) is 49.4 Å². The van der Waals surface area contributed by atoms with Gasteiger partial charge in [-0.05, 0) is 25.0 Å². The molecular weight excluding hydrogens is 276 g/mol. The van der Waals surface area contributed by atoms with Crippen LogP contribution in [0.3, 0.4) is 0 Å². The molecule has 1 saturated heterocycles. The van der Waals surface area contributed by atoms with Gasteiger partial charge >= 0.3 is 0 Å². The molecule has 0 radical (unpaired) electrons. The first-order valence-corrected chi connectivity index (χ1v) is 8.09. The van der Waals surface area contributed by atoms with Crippen molar-refractivity contribution in [2.45, 2.75) is 46.5 Å². The quantitative estimate of drug-likeness (QED) is 0.906. The second-order valence-electron chi connectivity index (χ2n) is 6.96. The van der Waals surface area contributed by atoms with Crippen molar-refractivity contribution >= 4 is 17.5 Å². The molecule has 0 bridgehead atoms. The third-order valence-electron chi connectivity index (χ3n) is 3.98. The first-order chi connectivity index (χ1) is 10.4. The Morgan fingerprint density at radius 2 is 1.59 bits per heavy atom. The van der Waals surface area contributed by atoms with E-state index in [1.54, 1.807) is 12.1 Å². The van der Waals surface area contributed by atoms with Gasteiger partial charge < -0.3 is 10.2 Å². The van der Waals surface area contributed by atoms with E-state index in [2.05, 4.69) is 5.32 Å². The van der Waals surface area contributed by atoms with Gasteiger partial charge in [0.2, 0.25) is 5.91 Å². The molecule has 1 aliphatic heterocycles. The molecule has 1 fully saturated rings. The van der Waals surface area contributed by atoms with E-state index in [1.807, 2.05) is 37.8 Å². The highest BCUT2D eigenvalue weighted by atomic mass is 16.2. The number of anilines is 1. The average Bonchev–Trinajstić information content (AvgIpc) is 2.75. The molecule has 22 heavy (non-hydrogen) atoms. The summed E-state index contributed by atoms with van der Waals surface area (Å²) >= 11 is 0. The van der Waals surface area contributed by atoms with Gasteiger partial charge in [0, 0.05) is 18.5 Å². The molecule has 0 aliphatic carbocycles. The lowest BCUT2D eigenvalue weighted by Crippen LogP contribution is -2.33. The third-order valence-corrected chi connectivity index (χ3v) is 3.98. The van der Waals surface area contributed by atoms with E-state index >= 15 is 0 Å². The van der Waals surface area contributed by atoms with E-state index in [-0.39, 0.29) is 11.8 Å². The van der Waals surface area contributed by atoms with Gasteiger partial charge in [-0.2, -0.15) is 0 Å². The normalized spacial score (nSPS) is 16.0. The van der Waals surface area contributed by atoms with Gasteiger partial charge in [-0.25, -0.2) is 0 Å². The monoisotopic (exact) mass is 302 g/mol. The van der Waals surface area contributed by atoms with Crippen LogP contribution in [-0.2, 0) is 4.79 Å². The Labute approximate surface area is 132 Å². The summed E-state index contributed by atoms with van der Waals surface area (Å²) in [5.41, 5.74) is 0.706. The number of benzene rings is 1. The molecule has 2 amide bonds. The molecular formula is C18H26N2O2. The number of amides is 2. The molecule has 0 spiro atoms. The fourth-order valence-electron chi connectivity index (χ4n) is 2.53. The second-order valence-corrected chi connectivity index (χ2v) is 6.96. The molecule has 120 valence electrons. The van der Waals surface area contributed by atoms with Crippen LogP contribution in [0.15, 0.2) is 24.3 Å². The number of carbonyl (C=O) groups excluding carboxylic acids is 2. The Morgan fingerprint density at radius 1 is 1.00 bits per heavy atom. The predicted octanol–water partition coefficient (Wildman–Crippen LogP) is 3.69. The zero-order chi connectivity index (χ0) is 16.2. The molecule has 0 unspecified atom stereocenters. The first kappa shape index (κ1) is 16.5. The van der Waals surface area contributed by atoms with E-state index in [9.17, 15) is 9.59 Å². The van der Waals surface area contributed by atoms with Crippen LogP contribution >= 0.6 is 0 Å². The lowest BCUT2D eigenvalue weighted by Gasteiger charge is -2.23. The van der Waals surface area contributed by atoms with Crippen LogP contribution in [0.5, 0.6) is 0 Å². The van der Waals surface area contributed by atoms with Gasteiger partial charge in [0.1, 0.15) is 0 Å². The molecule has 1 aromatic rings. The Morgan fingerprint density at radius 3 is 2.18 bits per heavy atom. The number of rotatable bonds is 2. The number of nitrogens with one attached hydrogen (secondary N) is 1. The molecule has 0 atom stereocenters. The number of likely N-dealkylation sites (tertiary alicyclic amines) is 1. The van der Waals surface area contributed by atoms with Crippen molar-refractivity contribution in [2.24, 2.45) is 5.41 Å². The minimum atomic E-state index is -0.487. The Bertz CT molecular complexity index is 538. The standard InChI is InChI=1S/C18H26N2O2/c1-18(2,3)17(22)19-15-11-7-6-10-14(15)16(21)20-12-8-4-5-9-13-20/h6-7,10-11H,4-5,8-9,12-13H2,1-3H3,(H,19,22). The number of nitrogens with zero attached hydrogens (tertiary/aromatic N) is 1. The van der Waals surface area contributed by atoms with Crippen LogP contribution < -0.4 is 5.32 Å². The SMILES string of the molecule is CC(C)(C)C(=O)Nc1ccccc1C(=O)N1CCCCCC1. The van der Waals surface area contributed by atoms with Crippen LogP contribution in [0.4, 0.5) is 5.69 Å². The van der Waals surface area contributed by atoms with Crippen molar-refractivity contribution in [3.8, 4) is 0 Å². The van der Waals surface area contributed by atoms with Gasteiger partial charge in [0.25, 0.3) is 5.91 Å². The first-order valence-electron chi connectivity index (χ1n) is 8.09. The fraction of sp³-hybridized carbons (Fsp3) is 0.556. The molecule has 4 nitrogen and oxygen atoms in total. The predicted molar refractivity (Wildman–Crippen MR) is 88.9 cm³/mol. The maximum atomic E-state index is 12.8. The lowest BCUT2D eigenvalue weighted by molar-refractivity contribution is -0.123. The molecule has 1 heterocycles. The number of para-hydroxylation sites is 1.